The van der Waals surface area contributed by atoms with Crippen LogP contribution in [-0.2, 0) is 0 Å². The van der Waals surface area contributed by atoms with Crippen LogP contribution in [0.5, 0.6) is 0 Å². The van der Waals surface area contributed by atoms with Gasteiger partial charge in [0.25, 0.3) is 11.5 Å². The number of H-pyrrole nitrogens is 1. The molecule has 0 saturated carbocycles. The highest BCUT2D eigenvalue weighted by Crippen LogP contribution is 2.36. The summed E-state index contributed by atoms with van der Waals surface area (Å²) >= 11 is 0. The van der Waals surface area contributed by atoms with Crippen molar-refractivity contribution in [2.24, 2.45) is 5.73 Å². The fraction of sp³-hybridized carbons (Fsp3) is 0.182. The molecule has 1 saturated heterocycles. The van der Waals surface area contributed by atoms with Crippen LogP contribution < -0.4 is 16.2 Å². The van der Waals surface area contributed by atoms with E-state index in [-0.39, 0.29) is 22.7 Å². The van der Waals surface area contributed by atoms with Crippen LogP contribution >= 0.6 is 0 Å². The molecule has 6 rings (SSSR count). The van der Waals surface area contributed by atoms with Crippen LogP contribution in [0.25, 0.3) is 22.4 Å². The number of primary amides is 1. The summed E-state index contributed by atoms with van der Waals surface area (Å²) in [6, 6.07) is 10.5. The van der Waals surface area contributed by atoms with Crippen molar-refractivity contribution in [1.82, 2.24) is 34.1 Å². The molecule has 5 heterocycles. The van der Waals surface area contributed by atoms with E-state index in [4.69, 9.17) is 10.8 Å². The molecule has 4 aromatic heterocycles. The summed E-state index contributed by atoms with van der Waals surface area (Å²) in [7, 11) is 0. The minimum atomic E-state index is -0.673. The van der Waals surface area contributed by atoms with Crippen molar-refractivity contribution in [3.63, 3.8) is 0 Å². The zero-order valence-electron chi connectivity index (χ0n) is 17.4. The number of rotatable bonds is 4. The third kappa shape index (κ3) is 2.89. The smallest absolute Gasteiger partial charge is 0.283 e. The Labute approximate surface area is 186 Å². The average molecular weight is 441 g/mol. The summed E-state index contributed by atoms with van der Waals surface area (Å²) in [6.07, 6.45) is 6.33. The van der Waals surface area contributed by atoms with Gasteiger partial charge in [0.1, 0.15) is 17.4 Å². The molecule has 1 aliphatic rings. The zero-order valence-corrected chi connectivity index (χ0v) is 17.4. The van der Waals surface area contributed by atoms with E-state index in [9.17, 15) is 9.59 Å². The lowest BCUT2D eigenvalue weighted by molar-refractivity contribution is 0.100. The first-order valence-corrected chi connectivity index (χ1v) is 10.5. The van der Waals surface area contributed by atoms with Gasteiger partial charge in [0.2, 0.25) is 0 Å². The molecule has 0 bridgehead atoms. The predicted octanol–water partition coefficient (Wildman–Crippen LogP) is 1.59. The van der Waals surface area contributed by atoms with Crippen LogP contribution in [0.2, 0.25) is 0 Å². The van der Waals surface area contributed by atoms with Gasteiger partial charge in [-0.2, -0.15) is 5.10 Å². The fourth-order valence-electron chi connectivity index (χ4n) is 4.58. The highest BCUT2D eigenvalue weighted by atomic mass is 16.1. The summed E-state index contributed by atoms with van der Waals surface area (Å²) < 4.78 is 3.01. The SMILES string of the molecule is NC(=O)c1ccn2nc(C3CCCN3c3ncnc4[nH]cnc34)n(-c3ccccc3)c(=O)c12. The number of aromatic nitrogens is 7. The van der Waals surface area contributed by atoms with Crippen LogP contribution in [0, 0.1) is 0 Å². The van der Waals surface area contributed by atoms with Gasteiger partial charge in [0.05, 0.1) is 23.6 Å². The number of benzene rings is 1. The number of nitrogens with two attached hydrogens (primary N) is 1. The molecular formula is C22H19N9O2. The van der Waals surface area contributed by atoms with Gasteiger partial charge in [-0.3, -0.25) is 14.2 Å². The number of nitrogens with one attached hydrogen (secondary N) is 1. The molecule has 1 fully saturated rings. The average Bonchev–Trinajstić information content (AvgIpc) is 3.58. The number of hydrogen-bond acceptors (Lipinski definition) is 7. The Morgan fingerprint density at radius 2 is 1.97 bits per heavy atom. The first-order valence-electron chi connectivity index (χ1n) is 10.5. The Kier molecular flexibility index (Phi) is 4.22. The van der Waals surface area contributed by atoms with Crippen LogP contribution in [-0.4, -0.2) is 46.6 Å². The number of aromatic amines is 1. The topological polar surface area (TPSA) is 140 Å². The van der Waals surface area contributed by atoms with E-state index in [1.807, 2.05) is 30.3 Å². The first kappa shape index (κ1) is 19.2. The van der Waals surface area contributed by atoms with Gasteiger partial charge in [0, 0.05) is 12.7 Å². The molecule has 1 aromatic carbocycles. The molecule has 1 unspecified atom stereocenters. The lowest BCUT2D eigenvalue weighted by Crippen LogP contribution is -2.34. The monoisotopic (exact) mass is 441 g/mol. The van der Waals surface area contributed by atoms with Crippen LogP contribution in [0.15, 0.2) is 60.0 Å². The second-order valence-electron chi connectivity index (χ2n) is 7.87. The molecule has 0 aliphatic carbocycles. The maximum atomic E-state index is 13.7. The molecule has 11 nitrogen and oxygen atoms in total. The van der Waals surface area contributed by atoms with Crippen LogP contribution in [0.3, 0.4) is 0 Å². The molecule has 5 aromatic rings. The maximum Gasteiger partial charge on any atom is 0.283 e. The highest BCUT2D eigenvalue weighted by molar-refractivity contribution is 5.99. The van der Waals surface area contributed by atoms with Crippen LogP contribution in [0.1, 0.15) is 35.1 Å². The summed E-state index contributed by atoms with van der Waals surface area (Å²) in [5.41, 5.74) is 7.42. The van der Waals surface area contributed by atoms with E-state index in [0.29, 0.717) is 28.5 Å². The molecule has 1 aliphatic heterocycles. The normalized spacial score (nSPS) is 16.1. The summed E-state index contributed by atoms with van der Waals surface area (Å²) in [5, 5.41) is 4.80. The third-order valence-electron chi connectivity index (χ3n) is 6.01. The molecule has 1 atom stereocenters. The van der Waals surface area contributed by atoms with E-state index >= 15 is 0 Å². The Hall–Kier alpha value is -4.54. The van der Waals surface area contributed by atoms with Crippen molar-refractivity contribution in [2.75, 3.05) is 11.4 Å². The number of imidazole rings is 1. The highest BCUT2D eigenvalue weighted by Gasteiger charge is 2.34. The lowest BCUT2D eigenvalue weighted by atomic mass is 10.2. The molecule has 0 radical (unpaired) electrons. The van der Waals surface area contributed by atoms with Gasteiger partial charge >= 0.3 is 0 Å². The predicted molar refractivity (Wildman–Crippen MR) is 120 cm³/mol. The number of carbonyl (C=O) groups is 1. The minimum Gasteiger partial charge on any atom is -0.366 e. The number of anilines is 1. The van der Waals surface area contributed by atoms with Gasteiger partial charge in [-0.15, -0.1) is 0 Å². The van der Waals surface area contributed by atoms with Gasteiger partial charge in [-0.25, -0.2) is 19.5 Å². The molecular weight excluding hydrogens is 422 g/mol. The Bertz CT molecular complexity index is 1570. The van der Waals surface area contributed by atoms with E-state index in [0.717, 1.165) is 19.4 Å². The van der Waals surface area contributed by atoms with E-state index in [1.165, 1.54) is 16.9 Å². The molecule has 33 heavy (non-hydrogen) atoms. The van der Waals surface area contributed by atoms with Crippen molar-refractivity contribution >= 4 is 28.4 Å². The number of hydrogen-bond donors (Lipinski definition) is 2. The maximum absolute atomic E-state index is 13.7. The lowest BCUT2D eigenvalue weighted by Gasteiger charge is -2.27. The number of nitrogens with zero attached hydrogens (tertiary/aromatic N) is 7. The van der Waals surface area contributed by atoms with Crippen molar-refractivity contribution in [2.45, 2.75) is 18.9 Å². The van der Waals surface area contributed by atoms with Gasteiger partial charge in [0.15, 0.2) is 17.3 Å². The summed E-state index contributed by atoms with van der Waals surface area (Å²) in [4.78, 5) is 43.9. The quantitative estimate of drug-likeness (QED) is 0.431. The first-order chi connectivity index (χ1) is 16.1. The number of carbonyl (C=O) groups excluding carboxylic acids is 1. The van der Waals surface area contributed by atoms with Gasteiger partial charge < -0.3 is 15.6 Å². The van der Waals surface area contributed by atoms with E-state index in [2.05, 4.69) is 24.8 Å². The molecule has 0 spiro atoms. The summed E-state index contributed by atoms with van der Waals surface area (Å²) in [5.74, 6) is 0.557. The van der Waals surface area contributed by atoms with Gasteiger partial charge in [-0.05, 0) is 31.0 Å². The molecule has 1 amide bonds. The van der Waals surface area contributed by atoms with Gasteiger partial charge in [-0.1, -0.05) is 18.2 Å². The van der Waals surface area contributed by atoms with E-state index < -0.39 is 5.91 Å². The Morgan fingerprint density at radius 3 is 2.79 bits per heavy atom. The third-order valence-corrected chi connectivity index (χ3v) is 6.01. The molecule has 11 heteroatoms. The van der Waals surface area contributed by atoms with Crippen molar-refractivity contribution < 1.29 is 4.79 Å². The number of para-hydroxylation sites is 1. The second-order valence-corrected chi connectivity index (χ2v) is 7.87. The van der Waals surface area contributed by atoms with Crippen molar-refractivity contribution in [3.05, 3.63) is 77.0 Å². The minimum absolute atomic E-state index is 0.140. The second kappa shape index (κ2) is 7.26. The Balaban J connectivity index is 1.61. The summed E-state index contributed by atoms with van der Waals surface area (Å²) in [6.45, 7) is 0.727. The number of amides is 1. The van der Waals surface area contributed by atoms with Crippen LogP contribution in [0.4, 0.5) is 5.82 Å². The van der Waals surface area contributed by atoms with E-state index in [1.54, 1.807) is 17.1 Å². The largest absolute Gasteiger partial charge is 0.366 e. The van der Waals surface area contributed by atoms with Crippen molar-refractivity contribution in [3.8, 4) is 5.69 Å². The zero-order chi connectivity index (χ0) is 22.5. The van der Waals surface area contributed by atoms with Crippen molar-refractivity contribution in [1.29, 1.82) is 0 Å². The number of fused-ring (bicyclic) bond motifs is 2. The Morgan fingerprint density at radius 1 is 1.12 bits per heavy atom. The standard InChI is InChI=1S/C22H19N9O2/c23-18(32)14-8-10-30-17(14)22(33)31(13-5-2-1-3-6-13)20(28-30)15-7-4-9-29(15)21-16-19(25-11-24-16)26-12-27-21/h1-3,5-6,8,10-12,15H,4,7,9H2,(H2,23,32)(H,24,25,26,27). The molecule has 3 N–H and O–H groups in total. The molecule has 164 valence electrons. The fourth-order valence-corrected chi connectivity index (χ4v) is 4.58.